The first-order valence-electron chi connectivity index (χ1n) is 6.05. The fourth-order valence-electron chi connectivity index (χ4n) is 2.49. The largest absolute Gasteiger partial charge is 0.469 e. The van der Waals surface area contributed by atoms with Gasteiger partial charge in [0.15, 0.2) is 0 Å². The molecule has 15 heavy (non-hydrogen) atoms. The molecule has 1 unspecified atom stereocenters. The Morgan fingerprint density at radius 2 is 2.20 bits per heavy atom. The third kappa shape index (κ3) is 3.38. The van der Waals surface area contributed by atoms with E-state index < -0.39 is 0 Å². The van der Waals surface area contributed by atoms with Crippen LogP contribution in [-0.2, 0) is 6.42 Å². The lowest BCUT2D eigenvalue weighted by atomic mass is 9.98. The van der Waals surface area contributed by atoms with Crippen LogP contribution >= 0.6 is 0 Å². The van der Waals surface area contributed by atoms with Gasteiger partial charge in [0.1, 0.15) is 5.76 Å². The lowest BCUT2D eigenvalue weighted by Crippen LogP contribution is -2.11. The van der Waals surface area contributed by atoms with Crippen molar-refractivity contribution in [3.05, 3.63) is 24.2 Å². The summed E-state index contributed by atoms with van der Waals surface area (Å²) in [5.74, 6) is 1.77. The van der Waals surface area contributed by atoms with Crippen LogP contribution in [0.15, 0.2) is 22.8 Å². The third-order valence-electron chi connectivity index (χ3n) is 3.40. The van der Waals surface area contributed by atoms with Crippen molar-refractivity contribution in [2.45, 2.75) is 51.0 Å². The van der Waals surface area contributed by atoms with Crippen molar-refractivity contribution in [1.82, 2.24) is 0 Å². The van der Waals surface area contributed by atoms with E-state index in [0.29, 0.717) is 6.42 Å². The summed E-state index contributed by atoms with van der Waals surface area (Å²) in [4.78, 5) is 0. The second-order valence-corrected chi connectivity index (χ2v) is 4.67. The molecule has 0 aromatic carbocycles. The van der Waals surface area contributed by atoms with Crippen molar-refractivity contribution in [1.29, 1.82) is 0 Å². The van der Waals surface area contributed by atoms with E-state index in [1.165, 1.54) is 32.1 Å². The normalized spacial score (nSPS) is 19.5. The molecule has 84 valence electrons. The molecular weight excluding hydrogens is 188 g/mol. The minimum absolute atomic E-state index is 0.225. The number of hydrogen-bond acceptors (Lipinski definition) is 2. The molecule has 1 heterocycles. The average Bonchev–Trinajstić information content (AvgIpc) is 2.86. The molecule has 1 N–H and O–H groups in total. The fraction of sp³-hybridized carbons (Fsp3) is 0.692. The first-order valence-corrected chi connectivity index (χ1v) is 6.05. The van der Waals surface area contributed by atoms with Crippen LogP contribution in [0.1, 0.15) is 44.3 Å². The Hall–Kier alpha value is -0.760. The molecule has 0 bridgehead atoms. The summed E-state index contributed by atoms with van der Waals surface area (Å²) >= 11 is 0. The minimum Gasteiger partial charge on any atom is -0.469 e. The van der Waals surface area contributed by atoms with Crippen LogP contribution in [0.2, 0.25) is 0 Å². The molecule has 0 spiro atoms. The smallest absolute Gasteiger partial charge is 0.106 e. The lowest BCUT2D eigenvalue weighted by molar-refractivity contribution is 0.148. The predicted octanol–water partition coefficient (Wildman–Crippen LogP) is 3.15. The Labute approximate surface area is 91.3 Å². The van der Waals surface area contributed by atoms with Gasteiger partial charge in [0.05, 0.1) is 12.4 Å². The molecule has 1 aromatic heterocycles. The molecule has 0 amide bonds. The topological polar surface area (TPSA) is 33.4 Å². The number of hydrogen-bond donors (Lipinski definition) is 1. The molecule has 1 aliphatic rings. The molecule has 2 rings (SSSR count). The highest BCUT2D eigenvalue weighted by Gasteiger charge is 2.16. The van der Waals surface area contributed by atoms with Crippen LogP contribution in [0.25, 0.3) is 0 Å². The van der Waals surface area contributed by atoms with Crippen molar-refractivity contribution < 1.29 is 9.52 Å². The van der Waals surface area contributed by atoms with Crippen molar-refractivity contribution >= 4 is 0 Å². The first kappa shape index (κ1) is 10.7. The summed E-state index contributed by atoms with van der Waals surface area (Å²) in [5, 5.41) is 9.82. The number of rotatable bonds is 5. The van der Waals surface area contributed by atoms with Crippen LogP contribution in [0.4, 0.5) is 0 Å². The van der Waals surface area contributed by atoms with Gasteiger partial charge in [-0.15, -0.1) is 0 Å². The summed E-state index contributed by atoms with van der Waals surface area (Å²) in [6, 6.07) is 3.80. The van der Waals surface area contributed by atoms with Crippen molar-refractivity contribution in [2.75, 3.05) is 0 Å². The molecule has 2 nitrogen and oxygen atoms in total. The fourth-order valence-corrected chi connectivity index (χ4v) is 2.49. The minimum atomic E-state index is -0.225. The Morgan fingerprint density at radius 3 is 2.87 bits per heavy atom. The second kappa shape index (κ2) is 5.36. The van der Waals surface area contributed by atoms with Crippen molar-refractivity contribution in [3.8, 4) is 0 Å². The maximum Gasteiger partial charge on any atom is 0.106 e. The molecule has 1 fully saturated rings. The molecule has 1 atom stereocenters. The quantitative estimate of drug-likeness (QED) is 0.806. The van der Waals surface area contributed by atoms with E-state index in [2.05, 4.69) is 0 Å². The van der Waals surface area contributed by atoms with Gasteiger partial charge in [0.2, 0.25) is 0 Å². The second-order valence-electron chi connectivity index (χ2n) is 4.67. The van der Waals surface area contributed by atoms with Crippen molar-refractivity contribution in [3.63, 3.8) is 0 Å². The van der Waals surface area contributed by atoms with Gasteiger partial charge < -0.3 is 9.52 Å². The van der Waals surface area contributed by atoms with Crippen LogP contribution in [0.5, 0.6) is 0 Å². The van der Waals surface area contributed by atoms with Gasteiger partial charge in [-0.1, -0.05) is 25.7 Å². The van der Waals surface area contributed by atoms with Crippen LogP contribution in [-0.4, -0.2) is 11.2 Å². The van der Waals surface area contributed by atoms with Gasteiger partial charge in [-0.2, -0.15) is 0 Å². The van der Waals surface area contributed by atoms with Crippen LogP contribution < -0.4 is 0 Å². The van der Waals surface area contributed by atoms with E-state index in [4.69, 9.17) is 4.42 Å². The van der Waals surface area contributed by atoms with Gasteiger partial charge in [0.25, 0.3) is 0 Å². The average molecular weight is 208 g/mol. The number of aliphatic hydroxyl groups is 1. The number of aliphatic hydroxyl groups excluding tert-OH is 1. The Balaban J connectivity index is 1.66. The van der Waals surface area contributed by atoms with Crippen LogP contribution in [0, 0.1) is 5.92 Å². The Kier molecular flexibility index (Phi) is 3.84. The van der Waals surface area contributed by atoms with Gasteiger partial charge in [-0.3, -0.25) is 0 Å². The molecule has 1 aliphatic carbocycles. The van der Waals surface area contributed by atoms with E-state index in [-0.39, 0.29) is 6.10 Å². The maximum absolute atomic E-state index is 9.82. The highest BCUT2D eigenvalue weighted by molar-refractivity contribution is 4.99. The highest BCUT2D eigenvalue weighted by atomic mass is 16.3. The zero-order valence-electron chi connectivity index (χ0n) is 9.19. The lowest BCUT2D eigenvalue weighted by Gasteiger charge is -2.12. The summed E-state index contributed by atoms with van der Waals surface area (Å²) in [5.41, 5.74) is 0. The van der Waals surface area contributed by atoms with E-state index in [1.54, 1.807) is 6.26 Å². The zero-order valence-corrected chi connectivity index (χ0v) is 9.19. The first-order chi connectivity index (χ1) is 7.34. The summed E-state index contributed by atoms with van der Waals surface area (Å²) < 4.78 is 5.22. The summed E-state index contributed by atoms with van der Waals surface area (Å²) in [7, 11) is 0. The van der Waals surface area contributed by atoms with Gasteiger partial charge in [0, 0.05) is 6.42 Å². The molecule has 0 radical (unpaired) electrons. The van der Waals surface area contributed by atoms with Crippen molar-refractivity contribution in [2.24, 2.45) is 5.92 Å². The zero-order chi connectivity index (χ0) is 10.5. The molecule has 1 aromatic rings. The van der Waals surface area contributed by atoms with Gasteiger partial charge in [-0.25, -0.2) is 0 Å². The molecular formula is C13H20O2. The van der Waals surface area contributed by atoms with E-state index in [0.717, 1.165) is 18.1 Å². The SMILES string of the molecule is OC(CCC1CCCC1)Cc1ccco1. The standard InChI is InChI=1S/C13H20O2/c14-12(10-13-6-3-9-15-13)8-7-11-4-1-2-5-11/h3,6,9,11-12,14H,1-2,4-5,7-8,10H2. The number of furan rings is 1. The van der Waals surface area contributed by atoms with E-state index >= 15 is 0 Å². The van der Waals surface area contributed by atoms with Crippen LogP contribution in [0.3, 0.4) is 0 Å². The highest BCUT2D eigenvalue weighted by Crippen LogP contribution is 2.29. The third-order valence-corrected chi connectivity index (χ3v) is 3.40. The van der Waals surface area contributed by atoms with Gasteiger partial charge in [-0.05, 0) is 30.9 Å². The molecule has 0 aliphatic heterocycles. The maximum atomic E-state index is 9.82. The van der Waals surface area contributed by atoms with E-state index in [1.807, 2.05) is 12.1 Å². The predicted molar refractivity (Wildman–Crippen MR) is 59.6 cm³/mol. The Bertz CT molecular complexity index is 260. The van der Waals surface area contributed by atoms with E-state index in [9.17, 15) is 5.11 Å². The molecule has 2 heteroatoms. The van der Waals surface area contributed by atoms with Gasteiger partial charge >= 0.3 is 0 Å². The monoisotopic (exact) mass is 208 g/mol. The molecule has 0 saturated heterocycles. The Morgan fingerprint density at radius 1 is 1.40 bits per heavy atom. The summed E-state index contributed by atoms with van der Waals surface area (Å²) in [6.07, 6.45) is 9.72. The summed E-state index contributed by atoms with van der Waals surface area (Å²) in [6.45, 7) is 0. The molecule has 1 saturated carbocycles.